The topological polar surface area (TPSA) is 81.4 Å². The zero-order valence-corrected chi connectivity index (χ0v) is 11.5. The van der Waals surface area contributed by atoms with E-state index < -0.39 is 12.0 Å². The Labute approximate surface area is 113 Å². The third-order valence-corrected chi connectivity index (χ3v) is 2.61. The minimum Gasteiger partial charge on any atom is -0.465 e. The summed E-state index contributed by atoms with van der Waals surface area (Å²) in [7, 11) is 1.31. The summed E-state index contributed by atoms with van der Waals surface area (Å²) in [4.78, 5) is 23.2. The summed E-state index contributed by atoms with van der Waals surface area (Å²) in [6, 6.07) is 6.01. The van der Waals surface area contributed by atoms with Gasteiger partial charge in [-0.2, -0.15) is 0 Å². The summed E-state index contributed by atoms with van der Waals surface area (Å²) >= 11 is 0. The predicted octanol–water partition coefficient (Wildman–Crippen LogP) is 1.79. The lowest BCUT2D eigenvalue weighted by molar-refractivity contribution is -0.117. The molecule has 1 aromatic rings. The van der Waals surface area contributed by atoms with Gasteiger partial charge in [0.25, 0.3) is 0 Å². The van der Waals surface area contributed by atoms with E-state index in [2.05, 4.69) is 10.1 Å². The average Bonchev–Trinajstić information content (AvgIpc) is 2.37. The zero-order chi connectivity index (χ0) is 14.4. The van der Waals surface area contributed by atoms with Crippen molar-refractivity contribution in [2.75, 3.05) is 12.4 Å². The lowest BCUT2D eigenvalue weighted by atomic mass is 10.0. The van der Waals surface area contributed by atoms with Crippen molar-refractivity contribution in [3.05, 3.63) is 29.8 Å². The molecule has 3 N–H and O–H groups in total. The standard InChI is InChI=1S/C14H20N2O3/c1-9(2)7-12(15)13(17)16-11-6-4-5-10(8-11)14(18)19-3/h4-6,8-9,12H,7,15H2,1-3H3,(H,16,17). The van der Waals surface area contributed by atoms with Crippen molar-refractivity contribution in [1.29, 1.82) is 0 Å². The van der Waals surface area contributed by atoms with Gasteiger partial charge in [0.1, 0.15) is 0 Å². The SMILES string of the molecule is COC(=O)c1cccc(NC(=O)C(N)CC(C)C)c1. The van der Waals surface area contributed by atoms with Crippen molar-refractivity contribution in [3.63, 3.8) is 0 Å². The summed E-state index contributed by atoms with van der Waals surface area (Å²) in [5.74, 6) is -0.347. The van der Waals surface area contributed by atoms with Crippen molar-refractivity contribution >= 4 is 17.6 Å². The number of anilines is 1. The van der Waals surface area contributed by atoms with Crippen LogP contribution in [0.1, 0.15) is 30.6 Å². The van der Waals surface area contributed by atoms with Crippen molar-refractivity contribution in [1.82, 2.24) is 0 Å². The summed E-state index contributed by atoms with van der Waals surface area (Å²) in [5.41, 5.74) is 6.71. The van der Waals surface area contributed by atoms with Gasteiger partial charge in [0, 0.05) is 5.69 Å². The molecule has 5 heteroatoms. The number of benzene rings is 1. The molecule has 0 saturated heterocycles. The molecule has 0 aromatic heterocycles. The lowest BCUT2D eigenvalue weighted by Gasteiger charge is -2.14. The fourth-order valence-corrected chi connectivity index (χ4v) is 1.69. The van der Waals surface area contributed by atoms with E-state index in [4.69, 9.17) is 5.73 Å². The molecular weight excluding hydrogens is 244 g/mol. The monoisotopic (exact) mass is 264 g/mol. The minimum atomic E-state index is -0.554. The first-order valence-corrected chi connectivity index (χ1v) is 6.19. The molecule has 1 aromatic carbocycles. The van der Waals surface area contributed by atoms with Crippen LogP contribution in [0, 0.1) is 5.92 Å². The number of carbonyl (C=O) groups is 2. The van der Waals surface area contributed by atoms with Crippen LogP contribution in [0.3, 0.4) is 0 Å². The Morgan fingerprint density at radius 2 is 2.05 bits per heavy atom. The molecule has 0 heterocycles. The van der Waals surface area contributed by atoms with Gasteiger partial charge in [-0.25, -0.2) is 4.79 Å². The van der Waals surface area contributed by atoms with E-state index in [9.17, 15) is 9.59 Å². The number of ether oxygens (including phenoxy) is 1. The van der Waals surface area contributed by atoms with E-state index in [1.165, 1.54) is 7.11 Å². The second-order valence-corrected chi connectivity index (χ2v) is 4.80. The molecule has 1 atom stereocenters. The first-order chi connectivity index (χ1) is 8.93. The highest BCUT2D eigenvalue weighted by atomic mass is 16.5. The van der Waals surface area contributed by atoms with Crippen LogP contribution in [0.25, 0.3) is 0 Å². The van der Waals surface area contributed by atoms with Crippen LogP contribution < -0.4 is 11.1 Å². The van der Waals surface area contributed by atoms with E-state index >= 15 is 0 Å². The summed E-state index contributed by atoms with van der Waals surface area (Å²) in [6.45, 7) is 4.01. The quantitative estimate of drug-likeness (QED) is 0.794. The van der Waals surface area contributed by atoms with Crippen molar-refractivity contribution in [2.45, 2.75) is 26.3 Å². The molecule has 0 aliphatic heterocycles. The molecule has 0 radical (unpaired) electrons. The van der Waals surface area contributed by atoms with Gasteiger partial charge in [0.2, 0.25) is 5.91 Å². The van der Waals surface area contributed by atoms with Crippen LogP contribution in [0.15, 0.2) is 24.3 Å². The smallest absolute Gasteiger partial charge is 0.337 e. The number of nitrogens with two attached hydrogens (primary N) is 1. The van der Waals surface area contributed by atoms with Gasteiger partial charge < -0.3 is 15.8 Å². The molecule has 0 spiro atoms. The number of carbonyl (C=O) groups excluding carboxylic acids is 2. The van der Waals surface area contributed by atoms with E-state index in [1.807, 2.05) is 13.8 Å². The van der Waals surface area contributed by atoms with Crippen LogP contribution in [-0.2, 0) is 9.53 Å². The fraction of sp³-hybridized carbons (Fsp3) is 0.429. The zero-order valence-electron chi connectivity index (χ0n) is 11.5. The highest BCUT2D eigenvalue weighted by Crippen LogP contribution is 2.13. The Balaban J connectivity index is 2.72. The maximum absolute atomic E-state index is 11.8. The maximum atomic E-state index is 11.8. The Bertz CT molecular complexity index is 458. The van der Waals surface area contributed by atoms with Crippen molar-refractivity contribution in [3.8, 4) is 0 Å². The predicted molar refractivity (Wildman–Crippen MR) is 73.8 cm³/mol. The molecule has 0 aliphatic carbocycles. The van der Waals surface area contributed by atoms with Gasteiger partial charge in [-0.1, -0.05) is 19.9 Å². The number of esters is 1. The second kappa shape index (κ2) is 6.89. The maximum Gasteiger partial charge on any atom is 0.337 e. The molecule has 1 rings (SSSR count). The largest absolute Gasteiger partial charge is 0.465 e. The molecular formula is C14H20N2O3. The molecule has 0 bridgehead atoms. The molecule has 5 nitrogen and oxygen atoms in total. The summed E-state index contributed by atoms with van der Waals surface area (Å²) < 4.78 is 4.62. The number of nitrogens with one attached hydrogen (secondary N) is 1. The molecule has 1 amide bonds. The minimum absolute atomic E-state index is 0.254. The van der Waals surface area contributed by atoms with Crippen LogP contribution in [0.4, 0.5) is 5.69 Å². The first kappa shape index (κ1) is 15.2. The molecule has 1 unspecified atom stereocenters. The van der Waals surface area contributed by atoms with Crippen LogP contribution in [0.5, 0.6) is 0 Å². The van der Waals surface area contributed by atoms with E-state index in [0.717, 1.165) is 0 Å². The van der Waals surface area contributed by atoms with E-state index in [1.54, 1.807) is 24.3 Å². The van der Waals surface area contributed by atoms with Gasteiger partial charge >= 0.3 is 5.97 Å². The lowest BCUT2D eigenvalue weighted by Crippen LogP contribution is -2.36. The Hall–Kier alpha value is -1.88. The Kier molecular flexibility index (Phi) is 5.51. The van der Waals surface area contributed by atoms with Crippen molar-refractivity contribution in [2.24, 2.45) is 11.7 Å². The second-order valence-electron chi connectivity index (χ2n) is 4.80. The highest BCUT2D eigenvalue weighted by molar-refractivity contribution is 5.96. The number of hydrogen-bond acceptors (Lipinski definition) is 4. The van der Waals surface area contributed by atoms with E-state index in [-0.39, 0.29) is 5.91 Å². The van der Waals surface area contributed by atoms with Crippen molar-refractivity contribution < 1.29 is 14.3 Å². The normalized spacial score (nSPS) is 12.1. The third-order valence-electron chi connectivity index (χ3n) is 2.61. The van der Waals surface area contributed by atoms with Gasteiger partial charge in [0.15, 0.2) is 0 Å². The van der Waals surface area contributed by atoms with Gasteiger partial charge in [-0.3, -0.25) is 4.79 Å². The first-order valence-electron chi connectivity index (χ1n) is 6.19. The highest BCUT2D eigenvalue weighted by Gasteiger charge is 2.15. The number of amides is 1. The molecule has 0 saturated carbocycles. The molecule has 104 valence electrons. The average molecular weight is 264 g/mol. The number of rotatable bonds is 5. The third kappa shape index (κ3) is 4.71. The fourth-order valence-electron chi connectivity index (χ4n) is 1.69. The summed E-state index contributed by atoms with van der Waals surface area (Å²) in [6.07, 6.45) is 0.614. The molecule has 0 aliphatic rings. The van der Waals surface area contributed by atoms with Gasteiger partial charge in [0.05, 0.1) is 18.7 Å². The molecule has 0 fully saturated rings. The Morgan fingerprint density at radius 1 is 1.37 bits per heavy atom. The number of hydrogen-bond donors (Lipinski definition) is 2. The Morgan fingerprint density at radius 3 is 2.63 bits per heavy atom. The molecule has 19 heavy (non-hydrogen) atoms. The van der Waals surface area contributed by atoms with Gasteiger partial charge in [-0.15, -0.1) is 0 Å². The number of methoxy groups -OCH3 is 1. The summed E-state index contributed by atoms with van der Waals surface area (Å²) in [5, 5.41) is 2.69. The van der Waals surface area contributed by atoms with Crippen LogP contribution in [-0.4, -0.2) is 25.0 Å². The van der Waals surface area contributed by atoms with Crippen LogP contribution >= 0.6 is 0 Å². The van der Waals surface area contributed by atoms with Crippen LogP contribution in [0.2, 0.25) is 0 Å². The van der Waals surface area contributed by atoms with Gasteiger partial charge in [-0.05, 0) is 30.5 Å². The van der Waals surface area contributed by atoms with E-state index in [0.29, 0.717) is 23.6 Å².